The molecule has 3 heterocycles. The molecule has 2 aromatic carbocycles. The van der Waals surface area contributed by atoms with E-state index in [9.17, 15) is 4.39 Å². The lowest BCUT2D eigenvalue weighted by Gasteiger charge is -2.36. The Hall–Kier alpha value is -2.87. The van der Waals surface area contributed by atoms with Gasteiger partial charge in [-0.3, -0.25) is 9.88 Å². The average molecular weight is 542 g/mol. The molecular formula is C30H37ClFN3O3. The summed E-state index contributed by atoms with van der Waals surface area (Å²) in [6, 6.07) is 13.6. The lowest BCUT2D eigenvalue weighted by atomic mass is 9.85. The van der Waals surface area contributed by atoms with Gasteiger partial charge in [0.25, 0.3) is 0 Å². The van der Waals surface area contributed by atoms with Crippen LogP contribution in [0.15, 0.2) is 42.5 Å². The zero-order chi connectivity index (χ0) is 25.0. The average Bonchev–Trinajstić information content (AvgIpc) is 3.13. The van der Waals surface area contributed by atoms with Crippen molar-refractivity contribution in [2.24, 2.45) is 13.0 Å². The Morgan fingerprint density at radius 1 is 1.11 bits per heavy atom. The molecule has 0 amide bonds. The van der Waals surface area contributed by atoms with Crippen LogP contribution in [0, 0.1) is 18.7 Å². The molecule has 4 aromatic rings. The maximum absolute atomic E-state index is 14.1. The Balaban J connectivity index is 0.00000168. The quantitative estimate of drug-likeness (QED) is 0.338. The molecule has 0 saturated heterocycles. The standard InChI is InChI=1S/C30H34FN3O2.ClH.H2O/c1-18(2)34(15-20-6-10-27-24(13-20)25-14-21(31)7-11-28(25)33(27)4)16-22-17-35-29-12-9-26-23(30(29)36-22)8-5-19(3)32-26;;/h5,7-9,11-12,14,18,20,22H,6,10,13,15-17H2,1-4H3;1H;1H2/t20?,22-;;/m0../s1. The summed E-state index contributed by atoms with van der Waals surface area (Å²) in [5, 5.41) is 2.08. The largest absolute Gasteiger partial charge is 0.486 e. The van der Waals surface area contributed by atoms with Gasteiger partial charge < -0.3 is 19.5 Å². The van der Waals surface area contributed by atoms with Crippen molar-refractivity contribution in [3.05, 3.63) is 65.2 Å². The molecule has 0 bridgehead atoms. The summed E-state index contributed by atoms with van der Waals surface area (Å²) in [6.45, 7) is 8.84. The van der Waals surface area contributed by atoms with E-state index in [0.29, 0.717) is 18.6 Å². The third-order valence-corrected chi connectivity index (χ3v) is 7.98. The summed E-state index contributed by atoms with van der Waals surface area (Å²) in [7, 11) is 2.11. The van der Waals surface area contributed by atoms with Crippen LogP contribution in [0.3, 0.4) is 0 Å². The van der Waals surface area contributed by atoms with E-state index in [-0.39, 0.29) is 29.8 Å². The van der Waals surface area contributed by atoms with Crippen LogP contribution >= 0.6 is 12.4 Å². The fraction of sp³-hybridized carbons (Fsp3) is 0.433. The van der Waals surface area contributed by atoms with Crippen LogP contribution in [0.25, 0.3) is 21.8 Å². The number of hydrogen-bond donors (Lipinski definition) is 0. The molecule has 6 rings (SSSR count). The maximum atomic E-state index is 14.1. The van der Waals surface area contributed by atoms with E-state index in [2.05, 4.69) is 41.4 Å². The minimum atomic E-state index is -0.158. The summed E-state index contributed by atoms with van der Waals surface area (Å²) < 4.78 is 29.0. The van der Waals surface area contributed by atoms with Gasteiger partial charge in [-0.05, 0) is 94.0 Å². The first kappa shape index (κ1) is 28.1. The first-order valence-electron chi connectivity index (χ1n) is 13.1. The second-order valence-corrected chi connectivity index (χ2v) is 10.8. The number of benzene rings is 2. The Kier molecular flexibility index (Phi) is 8.21. The molecule has 204 valence electrons. The summed E-state index contributed by atoms with van der Waals surface area (Å²) >= 11 is 0. The summed E-state index contributed by atoms with van der Waals surface area (Å²) in [5.41, 5.74) is 5.74. The van der Waals surface area contributed by atoms with Crippen LogP contribution in [0.4, 0.5) is 4.39 Å². The molecule has 2 aromatic heterocycles. The van der Waals surface area contributed by atoms with Gasteiger partial charge in [-0.1, -0.05) is 0 Å². The number of fused-ring (bicyclic) bond motifs is 6. The first-order chi connectivity index (χ1) is 17.4. The highest BCUT2D eigenvalue weighted by molar-refractivity contribution is 5.88. The van der Waals surface area contributed by atoms with Gasteiger partial charge in [0.1, 0.15) is 18.5 Å². The third-order valence-electron chi connectivity index (χ3n) is 7.98. The normalized spacial score (nSPS) is 18.4. The van der Waals surface area contributed by atoms with Gasteiger partial charge in [0.15, 0.2) is 11.5 Å². The smallest absolute Gasteiger partial charge is 0.171 e. The molecule has 1 unspecified atom stereocenters. The van der Waals surface area contributed by atoms with Gasteiger partial charge in [-0.25, -0.2) is 4.39 Å². The highest BCUT2D eigenvalue weighted by Gasteiger charge is 2.30. The monoisotopic (exact) mass is 541 g/mol. The van der Waals surface area contributed by atoms with Gasteiger partial charge in [0.2, 0.25) is 0 Å². The summed E-state index contributed by atoms with van der Waals surface area (Å²) in [6.07, 6.45) is 3.12. The topological polar surface area (TPSA) is 71.0 Å². The second kappa shape index (κ2) is 11.1. The molecule has 6 nitrogen and oxygen atoms in total. The summed E-state index contributed by atoms with van der Waals surface area (Å²) in [5.74, 6) is 1.97. The van der Waals surface area contributed by atoms with Crippen molar-refractivity contribution >= 4 is 34.2 Å². The second-order valence-electron chi connectivity index (χ2n) is 10.8. The third kappa shape index (κ3) is 5.07. The van der Waals surface area contributed by atoms with Crippen LogP contribution in [0.2, 0.25) is 0 Å². The highest BCUT2D eigenvalue weighted by atomic mass is 35.5. The van der Waals surface area contributed by atoms with E-state index in [4.69, 9.17) is 9.47 Å². The SMILES string of the molecule is Cc1ccc2c3c(ccc2n1)OC[C@H](CN(CC1CCc2c(c4cc(F)ccc4n2C)C1)C(C)C)O3.Cl.O. The number of pyridine rings is 1. The molecular weight excluding hydrogens is 505 g/mol. The molecule has 0 saturated carbocycles. The molecule has 0 fully saturated rings. The molecule has 2 N–H and O–H groups in total. The molecule has 38 heavy (non-hydrogen) atoms. The van der Waals surface area contributed by atoms with E-state index >= 15 is 0 Å². The Morgan fingerprint density at radius 3 is 2.71 bits per heavy atom. The lowest BCUT2D eigenvalue weighted by Crippen LogP contribution is -2.46. The van der Waals surface area contributed by atoms with E-state index in [1.165, 1.54) is 11.3 Å². The van der Waals surface area contributed by atoms with Gasteiger partial charge in [-0.2, -0.15) is 0 Å². The van der Waals surface area contributed by atoms with Gasteiger partial charge in [-0.15, -0.1) is 12.4 Å². The van der Waals surface area contributed by atoms with Crippen LogP contribution in [-0.2, 0) is 19.9 Å². The zero-order valence-corrected chi connectivity index (χ0v) is 23.3. The Labute approximate surface area is 229 Å². The molecule has 1 aliphatic heterocycles. The molecule has 0 spiro atoms. The first-order valence-corrected chi connectivity index (χ1v) is 13.1. The van der Waals surface area contributed by atoms with E-state index in [0.717, 1.165) is 71.4 Å². The fourth-order valence-corrected chi connectivity index (χ4v) is 6.04. The van der Waals surface area contributed by atoms with Crippen molar-refractivity contribution < 1.29 is 19.3 Å². The lowest BCUT2D eigenvalue weighted by molar-refractivity contribution is 0.0444. The number of ether oxygens (including phenoxy) is 2. The maximum Gasteiger partial charge on any atom is 0.171 e. The van der Waals surface area contributed by atoms with Crippen molar-refractivity contribution in [3.63, 3.8) is 0 Å². The van der Waals surface area contributed by atoms with Crippen LogP contribution in [-0.4, -0.2) is 51.8 Å². The van der Waals surface area contributed by atoms with Gasteiger partial charge >= 0.3 is 0 Å². The van der Waals surface area contributed by atoms with Crippen LogP contribution < -0.4 is 9.47 Å². The minimum Gasteiger partial charge on any atom is -0.486 e. The number of hydrogen-bond acceptors (Lipinski definition) is 4. The van der Waals surface area contributed by atoms with Crippen molar-refractivity contribution in [1.29, 1.82) is 0 Å². The van der Waals surface area contributed by atoms with Crippen molar-refractivity contribution in [2.45, 2.75) is 52.2 Å². The molecule has 1 aliphatic carbocycles. The number of rotatable bonds is 5. The molecule has 8 heteroatoms. The number of aromatic nitrogens is 2. The minimum absolute atomic E-state index is 0. The number of halogens is 2. The van der Waals surface area contributed by atoms with Gasteiger partial charge in [0, 0.05) is 53.9 Å². The van der Waals surface area contributed by atoms with E-state index in [1.54, 1.807) is 12.1 Å². The predicted octanol–water partition coefficient (Wildman–Crippen LogP) is 5.43. The molecule has 0 radical (unpaired) electrons. The van der Waals surface area contributed by atoms with Crippen molar-refractivity contribution in [1.82, 2.24) is 14.5 Å². The van der Waals surface area contributed by atoms with Crippen molar-refractivity contribution in [3.8, 4) is 11.5 Å². The molecule has 2 aliphatic rings. The van der Waals surface area contributed by atoms with Gasteiger partial charge in [0.05, 0.1) is 5.52 Å². The predicted molar refractivity (Wildman–Crippen MR) is 152 cm³/mol. The summed E-state index contributed by atoms with van der Waals surface area (Å²) in [4.78, 5) is 7.17. The van der Waals surface area contributed by atoms with E-state index in [1.807, 2.05) is 31.2 Å². The number of nitrogens with zero attached hydrogens (tertiary/aromatic N) is 3. The van der Waals surface area contributed by atoms with Crippen molar-refractivity contribution in [2.75, 3.05) is 19.7 Å². The van der Waals surface area contributed by atoms with Crippen LogP contribution in [0.1, 0.15) is 37.2 Å². The Morgan fingerprint density at radius 2 is 1.92 bits per heavy atom. The molecule has 2 atom stereocenters. The number of aryl methyl sites for hydroxylation is 2. The highest BCUT2D eigenvalue weighted by Crippen LogP contribution is 2.39. The van der Waals surface area contributed by atoms with Crippen LogP contribution in [0.5, 0.6) is 11.5 Å². The van der Waals surface area contributed by atoms with E-state index < -0.39 is 0 Å². The zero-order valence-electron chi connectivity index (χ0n) is 22.5. The Bertz CT molecular complexity index is 1450. The fourth-order valence-electron chi connectivity index (χ4n) is 6.04.